The van der Waals surface area contributed by atoms with E-state index in [1.54, 1.807) is 5.01 Å². The zero-order valence-corrected chi connectivity index (χ0v) is 20.1. The van der Waals surface area contributed by atoms with Gasteiger partial charge in [0.1, 0.15) is 16.3 Å². The molecule has 0 bridgehead atoms. The summed E-state index contributed by atoms with van der Waals surface area (Å²) in [6, 6.07) is 1.22. The first-order valence-electron chi connectivity index (χ1n) is 10.9. The van der Waals surface area contributed by atoms with Gasteiger partial charge in [-0.25, -0.2) is 22.2 Å². The van der Waals surface area contributed by atoms with E-state index < -0.39 is 43.8 Å². The van der Waals surface area contributed by atoms with E-state index in [0.29, 0.717) is 57.5 Å². The highest BCUT2D eigenvalue weighted by Gasteiger charge is 2.37. The van der Waals surface area contributed by atoms with Gasteiger partial charge in [0.25, 0.3) is 5.91 Å². The molecule has 1 amide bonds. The number of nitrogens with zero attached hydrogens (tertiary/aromatic N) is 2. The molecule has 33 heavy (non-hydrogen) atoms. The highest BCUT2D eigenvalue weighted by molar-refractivity contribution is 7.90. The maximum absolute atomic E-state index is 14.4. The van der Waals surface area contributed by atoms with Crippen molar-refractivity contribution in [1.82, 2.24) is 10.0 Å². The van der Waals surface area contributed by atoms with Crippen LogP contribution in [0.15, 0.2) is 17.0 Å². The highest BCUT2D eigenvalue weighted by Crippen LogP contribution is 2.29. The second-order valence-corrected chi connectivity index (χ2v) is 11.4. The molecule has 0 unspecified atom stereocenters. The fraction of sp³-hybridized carbons (Fsp3) is 0.636. The van der Waals surface area contributed by atoms with Crippen molar-refractivity contribution in [3.8, 4) is 5.75 Å². The fourth-order valence-corrected chi connectivity index (χ4v) is 4.71. The molecule has 0 saturated carbocycles. The minimum Gasteiger partial charge on any atom is -0.477 e. The van der Waals surface area contributed by atoms with Gasteiger partial charge in [-0.1, -0.05) is 0 Å². The Balaban J connectivity index is 1.64. The van der Waals surface area contributed by atoms with Crippen molar-refractivity contribution < 1.29 is 36.3 Å². The predicted octanol–water partition coefficient (Wildman–Crippen LogP) is 2.71. The first kappa shape index (κ1) is 25.4. The minimum atomic E-state index is -3.95. The van der Waals surface area contributed by atoms with Crippen LogP contribution in [0.2, 0.25) is 0 Å². The van der Waals surface area contributed by atoms with Crippen LogP contribution in [0.3, 0.4) is 0 Å². The summed E-state index contributed by atoms with van der Waals surface area (Å²) in [6.45, 7) is 6.87. The van der Waals surface area contributed by atoms with Gasteiger partial charge < -0.3 is 9.47 Å². The quantitative estimate of drug-likeness (QED) is 0.589. The molecule has 2 fully saturated rings. The van der Waals surface area contributed by atoms with Gasteiger partial charge in [-0.05, 0) is 52.5 Å². The molecule has 0 spiro atoms. The van der Waals surface area contributed by atoms with Gasteiger partial charge in [-0.2, -0.15) is 0 Å². The Hall–Kier alpha value is -2.27. The fourth-order valence-electron chi connectivity index (χ4n) is 3.98. The molecular weight excluding hydrogens is 458 g/mol. The molecule has 0 aliphatic carbocycles. The van der Waals surface area contributed by atoms with Gasteiger partial charge in [0, 0.05) is 32.0 Å². The summed E-state index contributed by atoms with van der Waals surface area (Å²) in [7, 11) is -3.95. The number of benzene rings is 1. The molecule has 0 aromatic heterocycles. The molecule has 2 aliphatic rings. The summed E-state index contributed by atoms with van der Waals surface area (Å²) < 4.78 is 62.6. The maximum atomic E-state index is 14.4. The van der Waals surface area contributed by atoms with Gasteiger partial charge in [-0.3, -0.25) is 14.6 Å². The summed E-state index contributed by atoms with van der Waals surface area (Å²) in [4.78, 5) is 24.6. The van der Waals surface area contributed by atoms with Crippen LogP contribution in [-0.4, -0.2) is 67.9 Å². The number of ether oxygens (including phenoxy) is 2. The van der Waals surface area contributed by atoms with Crippen LogP contribution in [0.5, 0.6) is 5.75 Å². The molecule has 1 aromatic rings. The van der Waals surface area contributed by atoms with Gasteiger partial charge >= 0.3 is 5.97 Å². The second kappa shape index (κ2) is 9.54. The Bertz CT molecular complexity index is 1020. The van der Waals surface area contributed by atoms with E-state index in [2.05, 4.69) is 0 Å². The van der Waals surface area contributed by atoms with Crippen molar-refractivity contribution in [3.05, 3.63) is 23.8 Å². The maximum Gasteiger partial charge on any atom is 0.309 e. The number of esters is 1. The SMILES string of the molecule is CC(C)(C)OC(=O)C1CCN(N2CCC[C@H](Oc3cc(F)c(S(C)(=O)=O)cc3F)C2=O)CC1. The van der Waals surface area contributed by atoms with E-state index in [9.17, 15) is 26.8 Å². The van der Waals surface area contributed by atoms with Crippen molar-refractivity contribution in [3.63, 3.8) is 0 Å². The predicted molar refractivity (Wildman–Crippen MR) is 115 cm³/mol. The van der Waals surface area contributed by atoms with Crippen LogP contribution in [0.4, 0.5) is 8.78 Å². The van der Waals surface area contributed by atoms with E-state index in [1.807, 2.05) is 25.8 Å². The second-order valence-electron chi connectivity index (χ2n) is 9.46. The Kier molecular flexibility index (Phi) is 7.33. The van der Waals surface area contributed by atoms with Crippen molar-refractivity contribution in [2.75, 3.05) is 25.9 Å². The van der Waals surface area contributed by atoms with Crippen LogP contribution in [0, 0.1) is 17.6 Å². The number of rotatable bonds is 5. The average Bonchev–Trinajstić information content (AvgIpc) is 2.70. The molecule has 8 nitrogen and oxygen atoms in total. The summed E-state index contributed by atoms with van der Waals surface area (Å²) in [5.74, 6) is -3.58. The number of carbonyl (C=O) groups is 2. The lowest BCUT2D eigenvalue weighted by molar-refractivity contribution is -0.171. The molecule has 3 rings (SSSR count). The number of sulfone groups is 1. The lowest BCUT2D eigenvalue weighted by atomic mass is 9.97. The van der Waals surface area contributed by atoms with Crippen LogP contribution in [-0.2, 0) is 24.2 Å². The normalized spacial score (nSPS) is 21.2. The first-order valence-corrected chi connectivity index (χ1v) is 12.8. The Morgan fingerprint density at radius 2 is 1.70 bits per heavy atom. The van der Waals surface area contributed by atoms with E-state index in [0.717, 1.165) is 6.26 Å². The standard InChI is InChI=1S/C22H30F2N2O6S/c1-22(2,3)32-21(28)14-7-10-25(11-8-14)26-9-5-6-17(20(26)27)31-18-12-16(24)19(13-15(18)23)33(4,29)30/h12-14,17H,5-11H2,1-4H3/t17-/m0/s1. The van der Waals surface area contributed by atoms with Crippen LogP contribution in [0.25, 0.3) is 0 Å². The molecule has 1 atom stereocenters. The molecule has 1 aromatic carbocycles. The molecule has 2 heterocycles. The number of amides is 1. The Morgan fingerprint density at radius 3 is 2.27 bits per heavy atom. The third kappa shape index (κ3) is 6.20. The lowest BCUT2D eigenvalue weighted by Crippen LogP contribution is -2.57. The van der Waals surface area contributed by atoms with Gasteiger partial charge in [0.15, 0.2) is 27.5 Å². The number of carbonyl (C=O) groups excluding carboxylic acids is 2. The largest absolute Gasteiger partial charge is 0.477 e. The number of piperidine rings is 2. The van der Waals surface area contributed by atoms with Crippen LogP contribution in [0.1, 0.15) is 46.5 Å². The zero-order valence-electron chi connectivity index (χ0n) is 19.3. The van der Waals surface area contributed by atoms with Crippen molar-refractivity contribution in [1.29, 1.82) is 0 Å². The van der Waals surface area contributed by atoms with Crippen LogP contribution >= 0.6 is 0 Å². The van der Waals surface area contributed by atoms with Crippen molar-refractivity contribution >= 4 is 21.7 Å². The molecule has 184 valence electrons. The monoisotopic (exact) mass is 488 g/mol. The Morgan fingerprint density at radius 1 is 1.06 bits per heavy atom. The number of halogens is 2. The molecule has 11 heteroatoms. The first-order chi connectivity index (χ1) is 15.3. The van der Waals surface area contributed by atoms with Gasteiger partial charge in [0.2, 0.25) is 0 Å². The van der Waals surface area contributed by atoms with Crippen molar-refractivity contribution in [2.24, 2.45) is 5.92 Å². The number of hydrazine groups is 1. The average molecular weight is 489 g/mol. The summed E-state index contributed by atoms with van der Waals surface area (Å²) in [6.07, 6.45) is 1.74. The molecule has 2 aliphatic heterocycles. The van der Waals surface area contributed by atoms with Gasteiger partial charge in [0.05, 0.1) is 5.92 Å². The summed E-state index contributed by atoms with van der Waals surface area (Å²) >= 11 is 0. The third-order valence-corrected chi connectivity index (χ3v) is 6.69. The molecular formula is C22H30F2N2O6S. The zero-order chi connectivity index (χ0) is 24.6. The highest BCUT2D eigenvalue weighted by atomic mass is 32.2. The smallest absolute Gasteiger partial charge is 0.309 e. The van der Waals surface area contributed by atoms with Crippen LogP contribution < -0.4 is 4.74 Å². The third-order valence-electron chi connectivity index (χ3n) is 5.57. The van der Waals surface area contributed by atoms with E-state index in [1.165, 1.54) is 0 Å². The van der Waals surface area contributed by atoms with E-state index in [4.69, 9.17) is 9.47 Å². The lowest BCUT2D eigenvalue weighted by Gasteiger charge is -2.42. The Labute approximate surface area is 192 Å². The molecule has 0 radical (unpaired) electrons. The number of hydrogen-bond acceptors (Lipinski definition) is 7. The van der Waals surface area contributed by atoms with E-state index >= 15 is 0 Å². The molecule has 2 saturated heterocycles. The summed E-state index contributed by atoms with van der Waals surface area (Å²) in [5, 5.41) is 3.39. The van der Waals surface area contributed by atoms with E-state index in [-0.39, 0.29) is 17.8 Å². The van der Waals surface area contributed by atoms with Crippen molar-refractivity contribution in [2.45, 2.75) is 63.1 Å². The minimum absolute atomic E-state index is 0.238. The molecule has 0 N–H and O–H groups in total. The summed E-state index contributed by atoms with van der Waals surface area (Å²) in [5.41, 5.74) is -0.560. The number of hydrogen-bond donors (Lipinski definition) is 0. The topological polar surface area (TPSA) is 93.2 Å². The van der Waals surface area contributed by atoms with Gasteiger partial charge in [-0.15, -0.1) is 0 Å².